The minimum Gasteiger partial charge on any atom is -0.508 e. The predicted molar refractivity (Wildman–Crippen MR) is 88.4 cm³/mol. The molecule has 0 amide bonds. The van der Waals surface area contributed by atoms with E-state index in [0.29, 0.717) is 31.4 Å². The fraction of sp³-hybridized carbons (Fsp3) is 0. The molecule has 0 radical (unpaired) electrons. The van der Waals surface area contributed by atoms with Gasteiger partial charge in [0.05, 0.1) is 16.3 Å². The van der Waals surface area contributed by atoms with E-state index in [9.17, 15) is 10.2 Å². The number of nitrogens with zero attached hydrogens (tertiary/aromatic N) is 2. The smallest absolute Gasteiger partial charge is 0.210 e. The minimum atomic E-state index is -0.0628. The minimum absolute atomic E-state index is 0.0166. The van der Waals surface area contributed by atoms with Gasteiger partial charge < -0.3 is 15.5 Å². The normalized spacial score (nSPS) is 10.6. The predicted octanol–water partition coefficient (Wildman–Crippen LogP) is 4.67. The summed E-state index contributed by atoms with van der Waals surface area (Å²) in [5.41, 5.74) is 1.15. The molecule has 3 rings (SSSR count). The van der Waals surface area contributed by atoms with E-state index in [1.165, 1.54) is 23.5 Å². The Morgan fingerprint density at radius 3 is 2.55 bits per heavy atom. The molecule has 0 spiro atoms. The monoisotopic (exact) mass is 353 g/mol. The Morgan fingerprint density at radius 1 is 1.00 bits per heavy atom. The highest BCUT2D eigenvalue weighted by atomic mass is 35.5. The van der Waals surface area contributed by atoms with E-state index in [1.54, 1.807) is 24.3 Å². The zero-order chi connectivity index (χ0) is 15.7. The van der Waals surface area contributed by atoms with Crippen molar-refractivity contribution in [3.05, 3.63) is 46.4 Å². The first-order chi connectivity index (χ1) is 10.5. The molecule has 0 aliphatic rings. The first kappa shape index (κ1) is 14.9. The topological polar surface area (TPSA) is 78.3 Å². The molecule has 0 fully saturated rings. The summed E-state index contributed by atoms with van der Waals surface area (Å²) in [6.07, 6.45) is 0. The van der Waals surface area contributed by atoms with Crippen molar-refractivity contribution in [2.75, 3.05) is 5.32 Å². The summed E-state index contributed by atoms with van der Waals surface area (Å²) < 4.78 is 0. The van der Waals surface area contributed by atoms with E-state index >= 15 is 0 Å². The van der Waals surface area contributed by atoms with Gasteiger partial charge in [-0.05, 0) is 30.3 Å². The Labute approximate surface area is 139 Å². The number of hydrogen-bond donors (Lipinski definition) is 3. The molecule has 0 atom stereocenters. The molecular formula is C14H9Cl2N3O2S. The second-order valence-electron chi connectivity index (χ2n) is 4.36. The lowest BCUT2D eigenvalue weighted by Gasteiger charge is -2.04. The van der Waals surface area contributed by atoms with Gasteiger partial charge in [-0.3, -0.25) is 0 Å². The van der Waals surface area contributed by atoms with Crippen LogP contribution in [-0.2, 0) is 0 Å². The maximum absolute atomic E-state index is 9.84. The number of halogens is 2. The molecule has 3 N–H and O–H groups in total. The van der Waals surface area contributed by atoms with Crippen LogP contribution in [0.15, 0.2) is 36.4 Å². The third-order valence-electron chi connectivity index (χ3n) is 2.81. The molecule has 1 heterocycles. The SMILES string of the molecule is Oc1ccc(-c2nnc(Nc3ccc(Cl)cc3Cl)s2)c(O)c1. The van der Waals surface area contributed by atoms with Crippen LogP contribution in [0, 0.1) is 0 Å². The van der Waals surface area contributed by atoms with Crippen LogP contribution in [0.4, 0.5) is 10.8 Å². The van der Waals surface area contributed by atoms with Crippen molar-refractivity contribution in [1.29, 1.82) is 0 Å². The quantitative estimate of drug-likeness (QED) is 0.637. The standard InChI is InChI=1S/C14H9Cl2N3O2S/c15-7-1-4-11(10(16)5-7)17-14-19-18-13(22-14)9-3-2-8(20)6-12(9)21/h1-6,20-21H,(H,17,19). The Hall–Kier alpha value is -2.02. The Kier molecular flexibility index (Phi) is 4.06. The molecule has 0 saturated heterocycles. The average molecular weight is 354 g/mol. The van der Waals surface area contributed by atoms with Crippen molar-refractivity contribution < 1.29 is 10.2 Å². The van der Waals surface area contributed by atoms with Crippen molar-refractivity contribution in [3.63, 3.8) is 0 Å². The van der Waals surface area contributed by atoms with Gasteiger partial charge in [-0.2, -0.15) is 0 Å². The molecule has 3 aromatic rings. The number of anilines is 2. The number of phenolic OH excluding ortho intramolecular Hbond substituents is 2. The Balaban J connectivity index is 1.87. The van der Waals surface area contributed by atoms with Crippen LogP contribution in [0.5, 0.6) is 11.5 Å². The summed E-state index contributed by atoms with van der Waals surface area (Å²) >= 11 is 13.2. The fourth-order valence-corrected chi connectivity index (χ4v) is 3.04. The van der Waals surface area contributed by atoms with E-state index in [0.717, 1.165) is 0 Å². The van der Waals surface area contributed by atoms with Crippen molar-refractivity contribution in [1.82, 2.24) is 10.2 Å². The number of benzene rings is 2. The number of phenols is 2. The third-order valence-corrected chi connectivity index (χ3v) is 4.23. The van der Waals surface area contributed by atoms with Crippen molar-refractivity contribution >= 4 is 45.4 Å². The molecule has 22 heavy (non-hydrogen) atoms. The van der Waals surface area contributed by atoms with Crippen LogP contribution in [0.1, 0.15) is 0 Å². The summed E-state index contributed by atoms with van der Waals surface area (Å²) in [6, 6.07) is 9.37. The van der Waals surface area contributed by atoms with E-state index in [-0.39, 0.29) is 11.5 Å². The lowest BCUT2D eigenvalue weighted by atomic mass is 10.2. The highest BCUT2D eigenvalue weighted by molar-refractivity contribution is 7.18. The first-order valence-electron chi connectivity index (χ1n) is 6.11. The van der Waals surface area contributed by atoms with Gasteiger partial charge in [0.25, 0.3) is 0 Å². The summed E-state index contributed by atoms with van der Waals surface area (Å²) in [4.78, 5) is 0. The Morgan fingerprint density at radius 2 is 1.82 bits per heavy atom. The molecular weight excluding hydrogens is 345 g/mol. The van der Waals surface area contributed by atoms with E-state index in [4.69, 9.17) is 23.2 Å². The van der Waals surface area contributed by atoms with Crippen molar-refractivity contribution in [3.8, 4) is 22.1 Å². The first-order valence-corrected chi connectivity index (χ1v) is 7.68. The molecule has 5 nitrogen and oxygen atoms in total. The molecule has 0 saturated carbocycles. The lowest BCUT2D eigenvalue weighted by Crippen LogP contribution is -1.90. The van der Waals surface area contributed by atoms with Crippen molar-refractivity contribution in [2.45, 2.75) is 0 Å². The van der Waals surface area contributed by atoms with Crippen LogP contribution < -0.4 is 5.32 Å². The van der Waals surface area contributed by atoms with Gasteiger partial charge in [-0.25, -0.2) is 0 Å². The summed E-state index contributed by atoms with van der Waals surface area (Å²) in [5.74, 6) is -0.0794. The van der Waals surface area contributed by atoms with Crippen LogP contribution >= 0.6 is 34.5 Å². The number of hydrogen-bond acceptors (Lipinski definition) is 6. The van der Waals surface area contributed by atoms with Gasteiger partial charge in [0.2, 0.25) is 5.13 Å². The van der Waals surface area contributed by atoms with E-state index in [1.807, 2.05) is 0 Å². The van der Waals surface area contributed by atoms with E-state index in [2.05, 4.69) is 15.5 Å². The summed E-state index contributed by atoms with van der Waals surface area (Å²) in [7, 11) is 0. The molecule has 0 aliphatic heterocycles. The highest BCUT2D eigenvalue weighted by Gasteiger charge is 2.12. The molecule has 112 valence electrons. The molecule has 0 bridgehead atoms. The molecule has 2 aromatic carbocycles. The Bertz CT molecular complexity index is 839. The largest absolute Gasteiger partial charge is 0.508 e. The third kappa shape index (κ3) is 3.09. The van der Waals surface area contributed by atoms with Gasteiger partial charge in [0.15, 0.2) is 5.01 Å². The molecule has 0 aliphatic carbocycles. The second-order valence-corrected chi connectivity index (χ2v) is 6.18. The zero-order valence-corrected chi connectivity index (χ0v) is 13.2. The molecule has 1 aromatic heterocycles. The maximum atomic E-state index is 9.84. The summed E-state index contributed by atoms with van der Waals surface area (Å²) in [6.45, 7) is 0. The molecule has 8 heteroatoms. The van der Waals surface area contributed by atoms with Crippen LogP contribution in [-0.4, -0.2) is 20.4 Å². The molecule has 0 unspecified atom stereocenters. The number of aromatic hydroxyl groups is 2. The highest BCUT2D eigenvalue weighted by Crippen LogP contribution is 2.36. The van der Waals surface area contributed by atoms with Crippen molar-refractivity contribution in [2.24, 2.45) is 0 Å². The maximum Gasteiger partial charge on any atom is 0.210 e. The van der Waals surface area contributed by atoms with Gasteiger partial charge in [0.1, 0.15) is 11.5 Å². The number of rotatable bonds is 3. The van der Waals surface area contributed by atoms with Crippen LogP contribution in [0.25, 0.3) is 10.6 Å². The summed E-state index contributed by atoms with van der Waals surface area (Å²) in [5, 5.41) is 32.3. The average Bonchev–Trinajstić information content (AvgIpc) is 2.90. The van der Waals surface area contributed by atoms with Crippen LogP contribution in [0.2, 0.25) is 10.0 Å². The fourth-order valence-electron chi connectivity index (χ4n) is 1.79. The van der Waals surface area contributed by atoms with Gasteiger partial charge >= 0.3 is 0 Å². The number of aromatic nitrogens is 2. The second kappa shape index (κ2) is 6.00. The number of nitrogens with one attached hydrogen (secondary N) is 1. The van der Waals surface area contributed by atoms with Crippen LogP contribution in [0.3, 0.4) is 0 Å². The van der Waals surface area contributed by atoms with Gasteiger partial charge in [-0.15, -0.1) is 10.2 Å². The van der Waals surface area contributed by atoms with Gasteiger partial charge in [-0.1, -0.05) is 34.5 Å². The van der Waals surface area contributed by atoms with Gasteiger partial charge in [0, 0.05) is 11.1 Å². The lowest BCUT2D eigenvalue weighted by molar-refractivity contribution is 0.452. The van der Waals surface area contributed by atoms with E-state index < -0.39 is 0 Å². The zero-order valence-electron chi connectivity index (χ0n) is 10.9.